The standard InChI is InChI=1S/C10H15N3O2/c1-8(2)5-15-10(14)4-9(3)13-7-11-6-12-13/h4,6-8H,5H2,1-3H3/b9-4-. The lowest BCUT2D eigenvalue weighted by Crippen LogP contribution is -2.08. The van der Waals surface area contributed by atoms with Gasteiger partial charge in [-0.15, -0.1) is 0 Å². The third kappa shape index (κ3) is 3.93. The third-order valence-corrected chi connectivity index (χ3v) is 1.67. The lowest BCUT2D eigenvalue weighted by molar-refractivity contribution is -0.138. The van der Waals surface area contributed by atoms with E-state index in [0.717, 1.165) is 0 Å². The highest BCUT2D eigenvalue weighted by Gasteiger charge is 2.02. The van der Waals surface area contributed by atoms with E-state index in [1.807, 2.05) is 13.8 Å². The van der Waals surface area contributed by atoms with Crippen molar-refractivity contribution in [3.63, 3.8) is 0 Å². The molecule has 1 aromatic heterocycles. The Morgan fingerprint density at radius 3 is 2.87 bits per heavy atom. The largest absolute Gasteiger partial charge is 0.462 e. The van der Waals surface area contributed by atoms with Crippen molar-refractivity contribution in [3.05, 3.63) is 18.7 Å². The van der Waals surface area contributed by atoms with Crippen LogP contribution in [0.2, 0.25) is 0 Å². The summed E-state index contributed by atoms with van der Waals surface area (Å²) in [6.45, 7) is 6.17. The van der Waals surface area contributed by atoms with Crippen molar-refractivity contribution < 1.29 is 9.53 Å². The molecule has 0 unspecified atom stereocenters. The molecule has 0 radical (unpaired) electrons. The van der Waals surface area contributed by atoms with Crippen molar-refractivity contribution in [1.29, 1.82) is 0 Å². The Labute approximate surface area is 88.8 Å². The first-order chi connectivity index (χ1) is 7.09. The molecule has 0 aliphatic rings. The molecule has 1 rings (SSSR count). The molecule has 0 amide bonds. The van der Waals surface area contributed by atoms with Gasteiger partial charge >= 0.3 is 5.97 Å². The average Bonchev–Trinajstić information content (AvgIpc) is 2.67. The van der Waals surface area contributed by atoms with Crippen LogP contribution in [0.15, 0.2) is 18.7 Å². The fraction of sp³-hybridized carbons (Fsp3) is 0.500. The predicted octanol–water partition coefficient (Wildman–Crippen LogP) is 1.34. The van der Waals surface area contributed by atoms with Crippen LogP contribution in [0.3, 0.4) is 0 Å². The van der Waals surface area contributed by atoms with Gasteiger partial charge in [0.2, 0.25) is 0 Å². The number of carbonyl (C=O) groups excluding carboxylic acids is 1. The molecular formula is C10H15N3O2. The van der Waals surface area contributed by atoms with E-state index in [1.54, 1.807) is 6.92 Å². The number of carbonyl (C=O) groups is 1. The van der Waals surface area contributed by atoms with E-state index in [9.17, 15) is 4.79 Å². The maximum atomic E-state index is 11.3. The van der Waals surface area contributed by atoms with Crippen molar-refractivity contribution >= 4 is 11.7 Å². The van der Waals surface area contributed by atoms with Gasteiger partial charge in [0, 0.05) is 11.8 Å². The van der Waals surface area contributed by atoms with E-state index in [-0.39, 0.29) is 5.97 Å². The maximum absolute atomic E-state index is 11.3. The molecule has 5 heteroatoms. The summed E-state index contributed by atoms with van der Waals surface area (Å²) in [7, 11) is 0. The van der Waals surface area contributed by atoms with Crippen LogP contribution < -0.4 is 0 Å². The molecule has 0 atom stereocenters. The van der Waals surface area contributed by atoms with Crippen molar-refractivity contribution in [3.8, 4) is 0 Å². The minimum atomic E-state index is -0.350. The van der Waals surface area contributed by atoms with Gasteiger partial charge in [-0.2, -0.15) is 5.10 Å². The molecular weight excluding hydrogens is 194 g/mol. The van der Waals surface area contributed by atoms with Gasteiger partial charge in [0.05, 0.1) is 6.61 Å². The van der Waals surface area contributed by atoms with Gasteiger partial charge in [-0.05, 0) is 12.8 Å². The summed E-state index contributed by atoms with van der Waals surface area (Å²) in [5, 5.41) is 3.89. The van der Waals surface area contributed by atoms with Crippen LogP contribution in [0.1, 0.15) is 20.8 Å². The third-order valence-electron chi connectivity index (χ3n) is 1.67. The number of aromatic nitrogens is 3. The molecule has 0 N–H and O–H groups in total. The zero-order valence-electron chi connectivity index (χ0n) is 9.17. The zero-order chi connectivity index (χ0) is 11.3. The smallest absolute Gasteiger partial charge is 0.332 e. The molecule has 0 spiro atoms. The molecule has 0 bridgehead atoms. The van der Waals surface area contributed by atoms with E-state index < -0.39 is 0 Å². The summed E-state index contributed by atoms with van der Waals surface area (Å²) >= 11 is 0. The van der Waals surface area contributed by atoms with E-state index >= 15 is 0 Å². The molecule has 0 aromatic carbocycles. The minimum absolute atomic E-state index is 0.342. The van der Waals surface area contributed by atoms with Crippen LogP contribution in [0, 0.1) is 5.92 Å². The summed E-state index contributed by atoms with van der Waals surface area (Å²) in [6.07, 6.45) is 4.34. The van der Waals surface area contributed by atoms with E-state index in [1.165, 1.54) is 23.4 Å². The Hall–Kier alpha value is -1.65. The molecule has 15 heavy (non-hydrogen) atoms. The molecule has 1 heterocycles. The Kier molecular flexibility index (Phi) is 4.03. The van der Waals surface area contributed by atoms with Gasteiger partial charge in [0.25, 0.3) is 0 Å². The van der Waals surface area contributed by atoms with Crippen LogP contribution in [-0.2, 0) is 9.53 Å². The van der Waals surface area contributed by atoms with Crippen LogP contribution in [0.25, 0.3) is 5.70 Å². The number of hydrogen-bond acceptors (Lipinski definition) is 4. The van der Waals surface area contributed by atoms with Gasteiger partial charge in [0.1, 0.15) is 12.7 Å². The molecule has 0 aliphatic heterocycles. The van der Waals surface area contributed by atoms with Gasteiger partial charge in [-0.3, -0.25) is 0 Å². The highest BCUT2D eigenvalue weighted by atomic mass is 16.5. The van der Waals surface area contributed by atoms with Crippen molar-refractivity contribution in [1.82, 2.24) is 14.8 Å². The molecule has 82 valence electrons. The number of rotatable bonds is 4. The lowest BCUT2D eigenvalue weighted by Gasteiger charge is -2.05. The van der Waals surface area contributed by atoms with E-state index in [2.05, 4.69) is 10.1 Å². The Balaban J connectivity index is 2.52. The highest BCUT2D eigenvalue weighted by Crippen LogP contribution is 2.01. The second-order valence-corrected chi connectivity index (χ2v) is 3.65. The van der Waals surface area contributed by atoms with Crippen molar-refractivity contribution in [2.45, 2.75) is 20.8 Å². The summed E-state index contributed by atoms with van der Waals surface area (Å²) in [6, 6.07) is 0. The summed E-state index contributed by atoms with van der Waals surface area (Å²) < 4.78 is 6.51. The summed E-state index contributed by atoms with van der Waals surface area (Å²) in [5.74, 6) is -0.00859. The number of nitrogens with zero attached hydrogens (tertiary/aromatic N) is 3. The molecule has 0 saturated heterocycles. The van der Waals surface area contributed by atoms with Crippen molar-refractivity contribution in [2.24, 2.45) is 5.92 Å². The van der Waals surface area contributed by atoms with Crippen molar-refractivity contribution in [2.75, 3.05) is 6.61 Å². The topological polar surface area (TPSA) is 57.0 Å². The molecule has 1 aromatic rings. The first-order valence-electron chi connectivity index (χ1n) is 4.79. The molecule has 5 nitrogen and oxygen atoms in total. The average molecular weight is 209 g/mol. The predicted molar refractivity (Wildman–Crippen MR) is 55.8 cm³/mol. The molecule has 0 fully saturated rings. The van der Waals surface area contributed by atoms with Gasteiger partial charge < -0.3 is 4.74 Å². The lowest BCUT2D eigenvalue weighted by atomic mass is 10.2. The fourth-order valence-corrected chi connectivity index (χ4v) is 0.918. The maximum Gasteiger partial charge on any atom is 0.332 e. The van der Waals surface area contributed by atoms with Crippen LogP contribution in [-0.4, -0.2) is 27.3 Å². The Morgan fingerprint density at radius 1 is 1.60 bits per heavy atom. The number of allylic oxidation sites excluding steroid dienone is 1. The van der Waals surface area contributed by atoms with Gasteiger partial charge in [0.15, 0.2) is 0 Å². The first kappa shape index (κ1) is 11.4. The second kappa shape index (κ2) is 5.29. The van der Waals surface area contributed by atoms with E-state index in [0.29, 0.717) is 18.2 Å². The summed E-state index contributed by atoms with van der Waals surface area (Å²) in [4.78, 5) is 15.1. The quantitative estimate of drug-likeness (QED) is 0.554. The molecule has 0 saturated carbocycles. The number of hydrogen-bond donors (Lipinski definition) is 0. The fourth-order valence-electron chi connectivity index (χ4n) is 0.918. The number of ether oxygens (including phenoxy) is 1. The monoisotopic (exact) mass is 209 g/mol. The molecule has 0 aliphatic carbocycles. The number of esters is 1. The van der Waals surface area contributed by atoms with Crippen LogP contribution in [0.4, 0.5) is 0 Å². The first-order valence-corrected chi connectivity index (χ1v) is 4.79. The normalized spacial score (nSPS) is 11.9. The van der Waals surface area contributed by atoms with Gasteiger partial charge in [-0.25, -0.2) is 14.5 Å². The second-order valence-electron chi connectivity index (χ2n) is 3.65. The van der Waals surface area contributed by atoms with Gasteiger partial charge in [-0.1, -0.05) is 13.8 Å². The van der Waals surface area contributed by atoms with E-state index in [4.69, 9.17) is 4.74 Å². The Bertz CT molecular complexity index is 342. The van der Waals surface area contributed by atoms with Crippen LogP contribution in [0.5, 0.6) is 0 Å². The zero-order valence-corrected chi connectivity index (χ0v) is 9.17. The minimum Gasteiger partial charge on any atom is -0.462 e. The summed E-state index contributed by atoms with van der Waals surface area (Å²) in [5.41, 5.74) is 0.682. The van der Waals surface area contributed by atoms with Crippen LogP contribution >= 0.6 is 0 Å². The Morgan fingerprint density at radius 2 is 2.33 bits per heavy atom. The SMILES string of the molecule is C/C(=C/C(=O)OCC(C)C)n1cncn1. The highest BCUT2D eigenvalue weighted by molar-refractivity contribution is 5.87.